The predicted octanol–water partition coefficient (Wildman–Crippen LogP) is 3.85. The minimum Gasteiger partial charge on any atom is -0.352 e. The summed E-state index contributed by atoms with van der Waals surface area (Å²) >= 11 is 0. The Balaban J connectivity index is 1.41. The van der Waals surface area contributed by atoms with Gasteiger partial charge in [-0.1, -0.05) is 54.8 Å². The lowest BCUT2D eigenvalue weighted by molar-refractivity contribution is -0.141. The Kier molecular flexibility index (Phi) is 7.63. The van der Waals surface area contributed by atoms with Crippen LogP contribution in [0.15, 0.2) is 48.5 Å². The monoisotopic (exact) mass is 475 g/mol. The van der Waals surface area contributed by atoms with E-state index in [2.05, 4.69) is 5.32 Å². The zero-order chi connectivity index (χ0) is 24.9. The van der Waals surface area contributed by atoms with Gasteiger partial charge in [0.1, 0.15) is 6.04 Å². The van der Waals surface area contributed by atoms with Gasteiger partial charge in [0.05, 0.1) is 11.1 Å². The fourth-order valence-corrected chi connectivity index (χ4v) is 4.96. The number of hydrogen-bond donors (Lipinski definition) is 1. The van der Waals surface area contributed by atoms with E-state index in [1.54, 1.807) is 36.1 Å². The number of rotatable bonds is 9. The number of imide groups is 1. The first-order chi connectivity index (χ1) is 16.8. The lowest BCUT2D eigenvalue weighted by Gasteiger charge is -2.30. The van der Waals surface area contributed by atoms with Crippen molar-refractivity contribution in [3.63, 3.8) is 0 Å². The largest absolute Gasteiger partial charge is 0.352 e. The van der Waals surface area contributed by atoms with Crippen molar-refractivity contribution in [2.24, 2.45) is 0 Å². The highest BCUT2D eigenvalue weighted by molar-refractivity contribution is 6.21. The zero-order valence-electron chi connectivity index (χ0n) is 20.5. The molecule has 1 heterocycles. The van der Waals surface area contributed by atoms with Crippen LogP contribution in [0.5, 0.6) is 0 Å². The van der Waals surface area contributed by atoms with E-state index < -0.39 is 6.04 Å². The normalized spacial score (nSPS) is 16.3. The molecule has 0 unspecified atom stereocenters. The molecule has 0 aromatic heterocycles. The lowest BCUT2D eigenvalue weighted by atomic mass is 10.1. The molecule has 7 heteroatoms. The van der Waals surface area contributed by atoms with Crippen LogP contribution in [-0.4, -0.2) is 52.1 Å². The molecule has 1 fully saturated rings. The minimum absolute atomic E-state index is 0.139. The number of carbonyl (C=O) groups excluding carboxylic acids is 4. The number of nitrogens with one attached hydrogen (secondary N) is 1. The molecule has 4 rings (SSSR count). The van der Waals surface area contributed by atoms with Gasteiger partial charge in [-0.3, -0.25) is 24.1 Å². The number of nitrogens with zero attached hydrogens (tertiary/aromatic N) is 2. The molecule has 7 nitrogen and oxygen atoms in total. The van der Waals surface area contributed by atoms with Crippen molar-refractivity contribution in [1.82, 2.24) is 15.1 Å². The van der Waals surface area contributed by atoms with Crippen LogP contribution in [0.4, 0.5) is 0 Å². The van der Waals surface area contributed by atoms with E-state index in [0.717, 1.165) is 36.8 Å². The van der Waals surface area contributed by atoms with E-state index in [4.69, 9.17) is 0 Å². The molecule has 35 heavy (non-hydrogen) atoms. The van der Waals surface area contributed by atoms with Gasteiger partial charge in [0.25, 0.3) is 11.8 Å². The summed E-state index contributed by atoms with van der Waals surface area (Å²) in [4.78, 5) is 54.4. The Hall–Kier alpha value is -3.48. The van der Waals surface area contributed by atoms with Gasteiger partial charge < -0.3 is 10.2 Å². The molecule has 0 bridgehead atoms. The highest BCUT2D eigenvalue weighted by atomic mass is 16.2. The molecule has 184 valence electrons. The summed E-state index contributed by atoms with van der Waals surface area (Å²) in [5, 5.41) is 3.10. The maximum absolute atomic E-state index is 13.3. The van der Waals surface area contributed by atoms with Gasteiger partial charge in [0, 0.05) is 25.6 Å². The van der Waals surface area contributed by atoms with Crippen LogP contribution >= 0.6 is 0 Å². The van der Waals surface area contributed by atoms with Crippen LogP contribution in [0.2, 0.25) is 0 Å². The Labute approximate surface area is 206 Å². The number of hydrogen-bond acceptors (Lipinski definition) is 4. The zero-order valence-corrected chi connectivity index (χ0v) is 20.5. The number of carbonyl (C=O) groups is 4. The van der Waals surface area contributed by atoms with E-state index in [1.807, 2.05) is 31.2 Å². The quantitative estimate of drug-likeness (QED) is 0.558. The first-order valence-corrected chi connectivity index (χ1v) is 12.5. The molecule has 0 saturated heterocycles. The first-order valence-electron chi connectivity index (χ1n) is 12.5. The standard InChI is InChI=1S/C28H33N3O4/c1-19-9-7-10-21(17-19)18-31(20(2)26(33)29-22-11-3-4-12-22)25(32)15-8-16-30-27(34)23-13-5-6-14-24(23)28(30)35/h5-7,9-10,13-14,17,20,22H,3-4,8,11-12,15-16,18H2,1-2H3,(H,29,33)/t20-/m0/s1. The maximum Gasteiger partial charge on any atom is 0.261 e. The molecule has 2 aromatic rings. The molecule has 1 atom stereocenters. The van der Waals surface area contributed by atoms with Crippen molar-refractivity contribution in [3.05, 3.63) is 70.8 Å². The summed E-state index contributed by atoms with van der Waals surface area (Å²) in [6, 6.07) is 14.2. The van der Waals surface area contributed by atoms with Crippen LogP contribution < -0.4 is 5.32 Å². The van der Waals surface area contributed by atoms with Crippen molar-refractivity contribution in [3.8, 4) is 0 Å². The first kappa shape index (κ1) is 24.6. The van der Waals surface area contributed by atoms with Crippen molar-refractivity contribution < 1.29 is 19.2 Å². The van der Waals surface area contributed by atoms with Crippen LogP contribution in [0, 0.1) is 6.92 Å². The lowest BCUT2D eigenvalue weighted by Crippen LogP contribution is -2.49. The average Bonchev–Trinajstić information content (AvgIpc) is 3.44. The van der Waals surface area contributed by atoms with E-state index in [0.29, 0.717) is 24.1 Å². The van der Waals surface area contributed by atoms with Gasteiger partial charge in [0.15, 0.2) is 0 Å². The number of amides is 4. The Bertz CT molecular complexity index is 1090. The molecule has 1 N–H and O–H groups in total. The van der Waals surface area contributed by atoms with Crippen molar-refractivity contribution >= 4 is 23.6 Å². The second-order valence-corrected chi connectivity index (χ2v) is 9.59. The molecule has 0 spiro atoms. The second-order valence-electron chi connectivity index (χ2n) is 9.59. The molecule has 1 aliphatic carbocycles. The minimum atomic E-state index is -0.622. The highest BCUT2D eigenvalue weighted by Crippen LogP contribution is 2.23. The third-order valence-electron chi connectivity index (χ3n) is 6.95. The van der Waals surface area contributed by atoms with E-state index in [9.17, 15) is 19.2 Å². The van der Waals surface area contributed by atoms with Gasteiger partial charge in [-0.15, -0.1) is 0 Å². The predicted molar refractivity (Wildman–Crippen MR) is 133 cm³/mol. The van der Waals surface area contributed by atoms with Gasteiger partial charge in [0.2, 0.25) is 11.8 Å². The number of aryl methyl sites for hydroxylation is 1. The second kappa shape index (κ2) is 10.8. The average molecular weight is 476 g/mol. The fraction of sp³-hybridized carbons (Fsp3) is 0.429. The van der Waals surface area contributed by atoms with E-state index >= 15 is 0 Å². The van der Waals surface area contributed by atoms with Gasteiger partial charge in [-0.05, 0) is 50.8 Å². The van der Waals surface area contributed by atoms with Crippen LogP contribution in [-0.2, 0) is 16.1 Å². The molecule has 1 aliphatic heterocycles. The van der Waals surface area contributed by atoms with Gasteiger partial charge in [-0.2, -0.15) is 0 Å². The van der Waals surface area contributed by atoms with Crippen LogP contribution in [0.1, 0.15) is 77.3 Å². The fourth-order valence-electron chi connectivity index (χ4n) is 4.96. The molecular formula is C28H33N3O4. The summed E-state index contributed by atoms with van der Waals surface area (Å²) in [6.07, 6.45) is 4.66. The summed E-state index contributed by atoms with van der Waals surface area (Å²) < 4.78 is 0. The van der Waals surface area contributed by atoms with E-state index in [1.165, 1.54) is 4.90 Å². The number of benzene rings is 2. The highest BCUT2D eigenvalue weighted by Gasteiger charge is 2.35. The SMILES string of the molecule is Cc1cccc(CN(C(=O)CCCN2C(=O)c3ccccc3C2=O)[C@@H](C)C(=O)NC2CCCC2)c1. The summed E-state index contributed by atoms with van der Waals surface area (Å²) in [5.74, 6) is -0.951. The van der Waals surface area contributed by atoms with E-state index in [-0.39, 0.29) is 42.6 Å². The van der Waals surface area contributed by atoms with Gasteiger partial charge >= 0.3 is 0 Å². The number of fused-ring (bicyclic) bond motifs is 1. The van der Waals surface area contributed by atoms with Crippen LogP contribution in [0.3, 0.4) is 0 Å². The van der Waals surface area contributed by atoms with Crippen molar-refractivity contribution in [1.29, 1.82) is 0 Å². The Morgan fingerprint density at radius 1 is 1.03 bits per heavy atom. The molecule has 4 amide bonds. The third-order valence-corrected chi connectivity index (χ3v) is 6.95. The van der Waals surface area contributed by atoms with Crippen molar-refractivity contribution in [2.45, 2.75) is 71.0 Å². The molecule has 0 radical (unpaired) electrons. The summed E-state index contributed by atoms with van der Waals surface area (Å²) in [6.45, 7) is 4.25. The van der Waals surface area contributed by atoms with Crippen molar-refractivity contribution in [2.75, 3.05) is 6.54 Å². The smallest absolute Gasteiger partial charge is 0.261 e. The molecular weight excluding hydrogens is 442 g/mol. The molecule has 1 saturated carbocycles. The van der Waals surface area contributed by atoms with Crippen LogP contribution in [0.25, 0.3) is 0 Å². The Morgan fingerprint density at radius 2 is 1.69 bits per heavy atom. The maximum atomic E-state index is 13.3. The summed E-state index contributed by atoms with van der Waals surface area (Å²) in [7, 11) is 0. The Morgan fingerprint density at radius 3 is 2.31 bits per heavy atom. The summed E-state index contributed by atoms with van der Waals surface area (Å²) in [5.41, 5.74) is 2.85. The molecule has 2 aliphatic rings. The molecule has 2 aromatic carbocycles. The topological polar surface area (TPSA) is 86.8 Å². The third kappa shape index (κ3) is 5.61. The van der Waals surface area contributed by atoms with Gasteiger partial charge in [-0.25, -0.2) is 0 Å².